The molecule has 1 unspecified atom stereocenters. The highest BCUT2D eigenvalue weighted by molar-refractivity contribution is 6.31. The molecule has 144 valence electrons. The molecule has 27 heavy (non-hydrogen) atoms. The lowest BCUT2D eigenvalue weighted by atomic mass is 10.1. The summed E-state index contributed by atoms with van der Waals surface area (Å²) in [7, 11) is 1.52. The molecule has 2 amide bonds. The number of nitrogens with zero attached hydrogens (tertiary/aromatic N) is 1. The van der Waals surface area contributed by atoms with E-state index in [1.54, 1.807) is 24.3 Å². The lowest BCUT2D eigenvalue weighted by Crippen LogP contribution is -2.48. The van der Waals surface area contributed by atoms with Crippen LogP contribution < -0.4 is 5.32 Å². The molecule has 7 heteroatoms. The van der Waals surface area contributed by atoms with Crippen LogP contribution in [-0.2, 0) is 22.6 Å². The molecule has 1 atom stereocenters. The summed E-state index contributed by atoms with van der Waals surface area (Å²) < 4.78 is 14.1. The second-order valence-corrected chi connectivity index (χ2v) is 6.91. The predicted octanol–water partition coefficient (Wildman–Crippen LogP) is 4.23. The van der Waals surface area contributed by atoms with Crippen LogP contribution >= 0.6 is 23.2 Å². The zero-order valence-corrected chi connectivity index (χ0v) is 16.6. The molecule has 1 N–H and O–H groups in total. The van der Waals surface area contributed by atoms with Gasteiger partial charge < -0.3 is 10.2 Å². The fraction of sp³-hybridized carbons (Fsp3) is 0.300. The molecule has 0 radical (unpaired) electrons. The van der Waals surface area contributed by atoms with Gasteiger partial charge in [0.2, 0.25) is 11.8 Å². The topological polar surface area (TPSA) is 49.4 Å². The SMILES string of the molecule is CCC(C(=O)NC)N(Cc1ccc(Cl)cc1)C(=O)Cc1c(F)cccc1Cl. The van der Waals surface area contributed by atoms with Crippen molar-refractivity contribution in [1.82, 2.24) is 10.2 Å². The Hall–Kier alpha value is -2.11. The summed E-state index contributed by atoms with van der Waals surface area (Å²) in [4.78, 5) is 26.7. The van der Waals surface area contributed by atoms with Crippen molar-refractivity contribution in [2.45, 2.75) is 32.4 Å². The number of benzene rings is 2. The molecular weight excluding hydrogens is 390 g/mol. The van der Waals surface area contributed by atoms with Gasteiger partial charge in [-0.1, -0.05) is 48.3 Å². The number of halogens is 3. The molecule has 0 aliphatic heterocycles. The molecular formula is C20H21Cl2FN2O2. The molecule has 2 rings (SSSR count). The fourth-order valence-electron chi connectivity index (χ4n) is 2.83. The van der Waals surface area contributed by atoms with Crippen LogP contribution in [0.5, 0.6) is 0 Å². The molecule has 0 bridgehead atoms. The van der Waals surface area contributed by atoms with Crippen LogP contribution in [0.1, 0.15) is 24.5 Å². The highest BCUT2D eigenvalue weighted by atomic mass is 35.5. The van der Waals surface area contributed by atoms with Crippen LogP contribution in [0.2, 0.25) is 10.0 Å². The Morgan fingerprint density at radius 2 is 1.81 bits per heavy atom. The molecule has 0 saturated heterocycles. The van der Waals surface area contributed by atoms with Gasteiger partial charge in [-0.3, -0.25) is 9.59 Å². The van der Waals surface area contributed by atoms with Gasteiger partial charge in [-0.05, 0) is 36.2 Å². The van der Waals surface area contributed by atoms with Crippen LogP contribution in [0.3, 0.4) is 0 Å². The van der Waals surface area contributed by atoms with Crippen molar-refractivity contribution in [2.75, 3.05) is 7.05 Å². The maximum Gasteiger partial charge on any atom is 0.242 e. The monoisotopic (exact) mass is 410 g/mol. The zero-order valence-electron chi connectivity index (χ0n) is 15.1. The smallest absolute Gasteiger partial charge is 0.242 e. The second-order valence-electron chi connectivity index (χ2n) is 6.06. The van der Waals surface area contributed by atoms with Crippen molar-refractivity contribution >= 4 is 35.0 Å². The summed E-state index contributed by atoms with van der Waals surface area (Å²) in [5.74, 6) is -1.21. The van der Waals surface area contributed by atoms with Crippen molar-refractivity contribution in [2.24, 2.45) is 0 Å². The summed E-state index contributed by atoms with van der Waals surface area (Å²) in [6, 6.07) is 10.6. The maximum atomic E-state index is 14.1. The maximum absolute atomic E-state index is 14.1. The Labute approximate surface area is 168 Å². The van der Waals surface area contributed by atoms with Crippen LogP contribution in [0, 0.1) is 5.82 Å². The lowest BCUT2D eigenvalue weighted by molar-refractivity contribution is -0.140. The number of nitrogens with one attached hydrogen (secondary N) is 1. The summed E-state index contributed by atoms with van der Waals surface area (Å²) in [6.45, 7) is 2.02. The van der Waals surface area contributed by atoms with Gasteiger partial charge in [-0.15, -0.1) is 0 Å². The third kappa shape index (κ3) is 5.44. The van der Waals surface area contributed by atoms with Gasteiger partial charge in [-0.25, -0.2) is 4.39 Å². The largest absolute Gasteiger partial charge is 0.357 e. The first-order valence-electron chi connectivity index (χ1n) is 8.55. The zero-order chi connectivity index (χ0) is 20.0. The number of rotatable bonds is 7. The van der Waals surface area contributed by atoms with Crippen molar-refractivity contribution in [3.8, 4) is 0 Å². The molecule has 4 nitrogen and oxygen atoms in total. The standard InChI is InChI=1S/C20H21Cl2FN2O2/c1-3-18(20(27)24-2)25(12-13-7-9-14(21)10-8-13)19(26)11-15-16(22)5-4-6-17(15)23/h4-10,18H,3,11-12H2,1-2H3,(H,24,27). The lowest BCUT2D eigenvalue weighted by Gasteiger charge is -2.30. The molecule has 0 heterocycles. The van der Waals surface area contributed by atoms with Gasteiger partial charge >= 0.3 is 0 Å². The van der Waals surface area contributed by atoms with Gasteiger partial charge in [0.25, 0.3) is 0 Å². The molecule has 0 fully saturated rings. The van der Waals surface area contributed by atoms with Crippen molar-refractivity contribution < 1.29 is 14.0 Å². The average Bonchev–Trinajstić information content (AvgIpc) is 2.65. The van der Waals surface area contributed by atoms with E-state index in [0.29, 0.717) is 11.4 Å². The van der Waals surface area contributed by atoms with E-state index in [1.165, 1.54) is 30.1 Å². The first kappa shape index (κ1) is 21.2. The fourth-order valence-corrected chi connectivity index (χ4v) is 3.18. The van der Waals surface area contributed by atoms with Crippen molar-refractivity contribution in [3.05, 3.63) is 69.5 Å². The Morgan fingerprint density at radius 1 is 1.15 bits per heavy atom. The quantitative estimate of drug-likeness (QED) is 0.742. The van der Waals surface area contributed by atoms with Crippen molar-refractivity contribution in [3.63, 3.8) is 0 Å². The number of likely N-dealkylation sites (N-methyl/N-ethyl adjacent to an activating group) is 1. The molecule has 2 aromatic rings. The van der Waals surface area contributed by atoms with E-state index >= 15 is 0 Å². The number of amides is 2. The number of carbonyl (C=O) groups is 2. The average molecular weight is 411 g/mol. The highest BCUT2D eigenvalue weighted by Crippen LogP contribution is 2.22. The van der Waals surface area contributed by atoms with E-state index in [2.05, 4.69) is 5.32 Å². The summed E-state index contributed by atoms with van der Waals surface area (Å²) >= 11 is 12.0. The highest BCUT2D eigenvalue weighted by Gasteiger charge is 2.29. The molecule has 0 saturated carbocycles. The minimum atomic E-state index is -0.677. The van der Waals surface area contributed by atoms with Gasteiger partial charge in [0.05, 0.1) is 6.42 Å². The van der Waals surface area contributed by atoms with Gasteiger partial charge in [-0.2, -0.15) is 0 Å². The third-order valence-corrected chi connectivity index (χ3v) is 4.89. The Bertz CT molecular complexity index is 792. The molecule has 0 aliphatic carbocycles. The van der Waals surface area contributed by atoms with Gasteiger partial charge in [0.1, 0.15) is 11.9 Å². The number of hydrogen-bond acceptors (Lipinski definition) is 2. The Balaban J connectivity index is 2.33. The summed E-state index contributed by atoms with van der Waals surface area (Å²) in [5, 5.41) is 3.34. The van der Waals surface area contributed by atoms with E-state index in [4.69, 9.17) is 23.2 Å². The van der Waals surface area contributed by atoms with Gasteiger partial charge in [0, 0.05) is 29.2 Å². The van der Waals surface area contributed by atoms with Gasteiger partial charge in [0.15, 0.2) is 0 Å². The van der Waals surface area contributed by atoms with Crippen LogP contribution in [0.4, 0.5) is 4.39 Å². The molecule has 0 spiro atoms. The molecule has 2 aromatic carbocycles. The second kappa shape index (κ2) is 9.72. The van der Waals surface area contributed by atoms with E-state index in [9.17, 15) is 14.0 Å². The first-order chi connectivity index (χ1) is 12.9. The van der Waals surface area contributed by atoms with E-state index < -0.39 is 11.9 Å². The minimum Gasteiger partial charge on any atom is -0.357 e. The molecule has 0 aromatic heterocycles. The van der Waals surface area contributed by atoms with Crippen LogP contribution in [0.15, 0.2) is 42.5 Å². The van der Waals surface area contributed by atoms with Crippen LogP contribution in [0.25, 0.3) is 0 Å². The number of hydrogen-bond donors (Lipinski definition) is 1. The summed E-state index contributed by atoms with van der Waals surface area (Å²) in [6.07, 6.45) is 0.191. The van der Waals surface area contributed by atoms with Crippen LogP contribution in [-0.4, -0.2) is 29.8 Å². The summed E-state index contributed by atoms with van der Waals surface area (Å²) in [5.41, 5.74) is 0.937. The minimum absolute atomic E-state index is 0.122. The van der Waals surface area contributed by atoms with E-state index in [0.717, 1.165) is 5.56 Å². The predicted molar refractivity (Wildman–Crippen MR) is 105 cm³/mol. The Morgan fingerprint density at radius 3 is 2.37 bits per heavy atom. The Kier molecular flexibility index (Phi) is 7.63. The normalized spacial score (nSPS) is 11.7. The van der Waals surface area contributed by atoms with Crippen molar-refractivity contribution in [1.29, 1.82) is 0 Å². The number of carbonyl (C=O) groups excluding carboxylic acids is 2. The first-order valence-corrected chi connectivity index (χ1v) is 9.31. The third-order valence-electron chi connectivity index (χ3n) is 4.29. The van der Waals surface area contributed by atoms with E-state index in [1.807, 2.05) is 6.92 Å². The van der Waals surface area contributed by atoms with E-state index in [-0.39, 0.29) is 35.4 Å². The molecule has 0 aliphatic rings.